The highest BCUT2D eigenvalue weighted by molar-refractivity contribution is 5.39. The summed E-state index contributed by atoms with van der Waals surface area (Å²) in [6.07, 6.45) is -3.17. The van der Waals surface area contributed by atoms with Crippen molar-refractivity contribution in [2.45, 2.75) is 12.5 Å². The first-order valence-corrected chi connectivity index (χ1v) is 6.64. The molecule has 1 atom stereocenters. The molecule has 1 rings (SSSR count). The van der Waals surface area contributed by atoms with Gasteiger partial charge in [-0.25, -0.2) is 8.78 Å². The zero-order valence-electron chi connectivity index (χ0n) is 11.9. The van der Waals surface area contributed by atoms with Crippen LogP contribution in [0.5, 0.6) is 11.5 Å². The molecule has 0 spiro atoms. The third kappa shape index (κ3) is 7.79. The number of nitrogens with one attached hydrogen (secondary N) is 1. The molecule has 1 aromatic rings. The number of hydrogen-bond donors (Lipinski definition) is 2. The van der Waals surface area contributed by atoms with Crippen molar-refractivity contribution in [3.05, 3.63) is 24.3 Å². The van der Waals surface area contributed by atoms with Crippen LogP contribution in [0.15, 0.2) is 24.3 Å². The normalized spacial score (nSPS) is 12.4. The van der Waals surface area contributed by atoms with Crippen LogP contribution in [0.2, 0.25) is 0 Å². The van der Waals surface area contributed by atoms with Crippen LogP contribution in [-0.2, 0) is 4.74 Å². The lowest BCUT2D eigenvalue weighted by Crippen LogP contribution is -2.33. The predicted octanol–water partition coefficient (Wildman–Crippen LogP) is 1.31. The maximum Gasteiger partial charge on any atom is 0.261 e. The van der Waals surface area contributed by atoms with Gasteiger partial charge < -0.3 is 24.6 Å². The van der Waals surface area contributed by atoms with Crippen LogP contribution < -0.4 is 14.8 Å². The number of aliphatic hydroxyl groups excluding tert-OH is 1. The number of hydrogen-bond acceptors (Lipinski definition) is 5. The highest BCUT2D eigenvalue weighted by Crippen LogP contribution is 2.25. The van der Waals surface area contributed by atoms with Crippen LogP contribution in [-0.4, -0.2) is 57.7 Å². The van der Waals surface area contributed by atoms with Crippen LogP contribution >= 0.6 is 0 Å². The molecular formula is C14H21F2NO4. The number of alkyl halides is 2. The SMILES string of the molecule is COc1ccccc1OCC(O)CNCCOCC(F)F. The Balaban J connectivity index is 2.12. The maximum absolute atomic E-state index is 11.8. The van der Waals surface area contributed by atoms with Crippen molar-refractivity contribution in [3.63, 3.8) is 0 Å². The minimum Gasteiger partial charge on any atom is -0.493 e. The summed E-state index contributed by atoms with van der Waals surface area (Å²) < 4.78 is 38.8. The Kier molecular flexibility index (Phi) is 8.65. The second kappa shape index (κ2) is 10.3. The molecule has 0 aromatic heterocycles. The smallest absolute Gasteiger partial charge is 0.261 e. The highest BCUT2D eigenvalue weighted by atomic mass is 19.3. The molecule has 0 fully saturated rings. The van der Waals surface area contributed by atoms with Gasteiger partial charge in [-0.05, 0) is 12.1 Å². The largest absolute Gasteiger partial charge is 0.493 e. The molecule has 120 valence electrons. The molecule has 1 aromatic carbocycles. The summed E-state index contributed by atoms with van der Waals surface area (Å²) >= 11 is 0. The van der Waals surface area contributed by atoms with Crippen LogP contribution in [0, 0.1) is 0 Å². The van der Waals surface area contributed by atoms with Gasteiger partial charge >= 0.3 is 0 Å². The maximum atomic E-state index is 11.8. The lowest BCUT2D eigenvalue weighted by Gasteiger charge is -2.15. The number of para-hydroxylation sites is 2. The molecule has 7 heteroatoms. The van der Waals surface area contributed by atoms with Crippen molar-refractivity contribution < 1.29 is 28.1 Å². The minimum absolute atomic E-state index is 0.102. The molecule has 0 saturated carbocycles. The van der Waals surface area contributed by atoms with E-state index in [1.165, 1.54) is 0 Å². The van der Waals surface area contributed by atoms with E-state index in [2.05, 4.69) is 5.32 Å². The Bertz CT molecular complexity index is 393. The van der Waals surface area contributed by atoms with Gasteiger partial charge in [-0.2, -0.15) is 0 Å². The molecule has 0 heterocycles. The Morgan fingerprint density at radius 3 is 2.57 bits per heavy atom. The number of ether oxygens (including phenoxy) is 3. The topological polar surface area (TPSA) is 60.0 Å². The Labute approximate surface area is 122 Å². The minimum atomic E-state index is -2.45. The number of halogens is 2. The van der Waals surface area contributed by atoms with Crippen molar-refractivity contribution in [3.8, 4) is 11.5 Å². The number of rotatable bonds is 11. The van der Waals surface area contributed by atoms with Crippen LogP contribution in [0.3, 0.4) is 0 Å². The van der Waals surface area contributed by atoms with Gasteiger partial charge in [-0.1, -0.05) is 12.1 Å². The number of benzene rings is 1. The Morgan fingerprint density at radius 2 is 1.90 bits per heavy atom. The van der Waals surface area contributed by atoms with E-state index < -0.39 is 19.1 Å². The lowest BCUT2D eigenvalue weighted by molar-refractivity contribution is 0.0176. The molecule has 0 aliphatic carbocycles. The lowest BCUT2D eigenvalue weighted by atomic mass is 10.3. The fraction of sp³-hybridized carbons (Fsp3) is 0.571. The summed E-state index contributed by atoms with van der Waals surface area (Å²) in [6, 6.07) is 7.14. The molecular weight excluding hydrogens is 284 g/mol. The fourth-order valence-corrected chi connectivity index (χ4v) is 1.57. The van der Waals surface area contributed by atoms with Crippen molar-refractivity contribution in [1.82, 2.24) is 5.32 Å². The summed E-state index contributed by atoms with van der Waals surface area (Å²) in [5.74, 6) is 1.15. The number of aliphatic hydroxyl groups is 1. The van der Waals surface area contributed by atoms with Gasteiger partial charge in [0.2, 0.25) is 0 Å². The Morgan fingerprint density at radius 1 is 1.19 bits per heavy atom. The van der Waals surface area contributed by atoms with Gasteiger partial charge in [0.15, 0.2) is 11.5 Å². The molecule has 5 nitrogen and oxygen atoms in total. The monoisotopic (exact) mass is 305 g/mol. The molecule has 21 heavy (non-hydrogen) atoms. The van der Waals surface area contributed by atoms with E-state index in [1.807, 2.05) is 12.1 Å². The molecule has 2 N–H and O–H groups in total. The van der Waals surface area contributed by atoms with Gasteiger partial charge in [0.1, 0.15) is 19.3 Å². The Hall–Kier alpha value is -1.44. The molecule has 0 aliphatic heterocycles. The summed E-state index contributed by atoms with van der Waals surface area (Å²) in [7, 11) is 1.54. The van der Waals surface area contributed by atoms with Gasteiger partial charge in [-0.15, -0.1) is 0 Å². The first-order chi connectivity index (χ1) is 10.1. The highest BCUT2D eigenvalue weighted by Gasteiger charge is 2.08. The average Bonchev–Trinajstić information content (AvgIpc) is 2.48. The van der Waals surface area contributed by atoms with Crippen molar-refractivity contribution in [1.29, 1.82) is 0 Å². The third-order valence-electron chi connectivity index (χ3n) is 2.55. The molecule has 0 aliphatic rings. The second-order valence-electron chi connectivity index (χ2n) is 4.29. The third-order valence-corrected chi connectivity index (χ3v) is 2.55. The van der Waals surface area contributed by atoms with Gasteiger partial charge in [-0.3, -0.25) is 0 Å². The molecule has 0 radical (unpaired) electrons. The summed E-state index contributed by atoms with van der Waals surface area (Å²) in [6.45, 7) is 0.377. The van der Waals surface area contributed by atoms with Crippen molar-refractivity contribution >= 4 is 0 Å². The van der Waals surface area contributed by atoms with E-state index in [1.54, 1.807) is 19.2 Å². The molecule has 0 saturated heterocycles. The first-order valence-electron chi connectivity index (χ1n) is 6.64. The van der Waals surface area contributed by atoms with Crippen LogP contribution in [0.1, 0.15) is 0 Å². The number of methoxy groups -OCH3 is 1. The van der Waals surface area contributed by atoms with Gasteiger partial charge in [0.25, 0.3) is 6.43 Å². The van der Waals surface area contributed by atoms with Crippen molar-refractivity contribution in [2.24, 2.45) is 0 Å². The molecule has 1 unspecified atom stereocenters. The zero-order valence-corrected chi connectivity index (χ0v) is 11.9. The van der Waals surface area contributed by atoms with Crippen LogP contribution in [0.25, 0.3) is 0 Å². The van der Waals surface area contributed by atoms with E-state index in [0.29, 0.717) is 18.0 Å². The fourth-order valence-electron chi connectivity index (χ4n) is 1.57. The van der Waals surface area contributed by atoms with Crippen LogP contribution in [0.4, 0.5) is 8.78 Å². The van der Waals surface area contributed by atoms with E-state index in [0.717, 1.165) is 0 Å². The summed E-state index contributed by atoms with van der Waals surface area (Å²) in [5, 5.41) is 12.6. The summed E-state index contributed by atoms with van der Waals surface area (Å²) in [5.41, 5.74) is 0. The first kappa shape index (κ1) is 17.6. The van der Waals surface area contributed by atoms with Gasteiger partial charge in [0, 0.05) is 13.1 Å². The molecule has 0 amide bonds. The quantitative estimate of drug-likeness (QED) is 0.604. The van der Waals surface area contributed by atoms with E-state index in [4.69, 9.17) is 14.2 Å². The van der Waals surface area contributed by atoms with E-state index >= 15 is 0 Å². The average molecular weight is 305 g/mol. The van der Waals surface area contributed by atoms with Gasteiger partial charge in [0.05, 0.1) is 13.7 Å². The predicted molar refractivity (Wildman–Crippen MR) is 74.2 cm³/mol. The summed E-state index contributed by atoms with van der Waals surface area (Å²) in [4.78, 5) is 0. The molecule has 0 bridgehead atoms. The second-order valence-corrected chi connectivity index (χ2v) is 4.29. The zero-order chi connectivity index (χ0) is 15.5. The van der Waals surface area contributed by atoms with E-state index in [9.17, 15) is 13.9 Å². The standard InChI is InChI=1S/C14H21F2NO4/c1-19-12-4-2-3-5-13(12)21-9-11(18)8-17-6-7-20-10-14(15)16/h2-5,11,14,17-18H,6-10H2,1H3. The van der Waals surface area contributed by atoms with E-state index in [-0.39, 0.29) is 19.8 Å². The van der Waals surface area contributed by atoms with Crippen molar-refractivity contribution in [2.75, 3.05) is 40.0 Å².